The van der Waals surface area contributed by atoms with Gasteiger partial charge in [-0.1, -0.05) is 24.3 Å². The van der Waals surface area contributed by atoms with E-state index in [9.17, 15) is 13.2 Å². The minimum Gasteiger partial charge on any atom is -0.491 e. The summed E-state index contributed by atoms with van der Waals surface area (Å²) < 4.78 is 37.3. The number of para-hydroxylation sites is 1. The van der Waals surface area contributed by atoms with Gasteiger partial charge < -0.3 is 14.8 Å². The highest BCUT2D eigenvalue weighted by atomic mass is 32.2. The summed E-state index contributed by atoms with van der Waals surface area (Å²) >= 11 is 0. The van der Waals surface area contributed by atoms with Crippen LogP contribution in [0.1, 0.15) is 18.1 Å². The normalized spacial score (nSPS) is 17.1. The van der Waals surface area contributed by atoms with E-state index in [2.05, 4.69) is 5.32 Å². The van der Waals surface area contributed by atoms with Gasteiger partial charge in [0.2, 0.25) is 10.0 Å². The van der Waals surface area contributed by atoms with E-state index in [-0.39, 0.29) is 25.1 Å². The summed E-state index contributed by atoms with van der Waals surface area (Å²) in [6.07, 6.45) is 0.179. The molecule has 0 fully saturated rings. The molecule has 7 nitrogen and oxygen atoms in total. The molecule has 1 aliphatic rings. The average Bonchev–Trinajstić information content (AvgIpc) is 2.65. The van der Waals surface area contributed by atoms with E-state index in [1.165, 1.54) is 4.31 Å². The van der Waals surface area contributed by atoms with Crippen molar-refractivity contribution in [2.24, 2.45) is 0 Å². The Kier molecular flexibility index (Phi) is 6.02. The number of carbonyl (C=O) groups excluding carboxylic acids is 1. The van der Waals surface area contributed by atoms with Gasteiger partial charge in [0.05, 0.1) is 24.5 Å². The van der Waals surface area contributed by atoms with Crippen LogP contribution in [0.3, 0.4) is 0 Å². The van der Waals surface area contributed by atoms with Crippen molar-refractivity contribution in [3.05, 3.63) is 53.6 Å². The predicted octanol–water partition coefficient (Wildman–Crippen LogP) is 2.41. The number of ether oxygens (including phenoxy) is 2. The first-order chi connectivity index (χ1) is 13.6. The number of amides is 1. The summed E-state index contributed by atoms with van der Waals surface area (Å²) in [6.45, 7) is 5.86. The molecule has 3 rings (SSSR count). The van der Waals surface area contributed by atoms with Gasteiger partial charge in [0, 0.05) is 0 Å². The van der Waals surface area contributed by atoms with Crippen LogP contribution >= 0.6 is 0 Å². The Balaban J connectivity index is 1.68. The number of hydrogen-bond acceptors (Lipinski definition) is 5. The van der Waals surface area contributed by atoms with E-state index in [1.807, 2.05) is 51.1 Å². The molecule has 0 bridgehead atoms. The third-order valence-corrected chi connectivity index (χ3v) is 5.79. The van der Waals surface area contributed by atoms with Crippen LogP contribution in [-0.4, -0.2) is 45.9 Å². The summed E-state index contributed by atoms with van der Waals surface area (Å²) in [5.41, 5.74) is 2.37. The van der Waals surface area contributed by atoms with Crippen LogP contribution in [-0.2, 0) is 14.8 Å². The Morgan fingerprint density at radius 2 is 2.00 bits per heavy atom. The summed E-state index contributed by atoms with van der Waals surface area (Å²) in [5.74, 6) is 0.747. The summed E-state index contributed by atoms with van der Waals surface area (Å²) in [4.78, 5) is 12.7. The van der Waals surface area contributed by atoms with Crippen LogP contribution in [0.2, 0.25) is 0 Å². The third-order valence-electron chi connectivity index (χ3n) is 4.65. The molecule has 0 unspecified atom stereocenters. The number of fused-ring (bicyclic) bond motifs is 1. The SMILES string of the molecule is Cc1ccc2c(c1)N(S(C)(=O)=O)C[C@@H](C(=O)N[C@@H](C)COc1ccccc1C)O2. The Bertz CT molecular complexity index is 1010. The smallest absolute Gasteiger partial charge is 0.263 e. The van der Waals surface area contributed by atoms with Crippen LogP contribution in [0.4, 0.5) is 5.69 Å². The average molecular weight is 419 g/mol. The molecule has 0 saturated carbocycles. The molecule has 0 spiro atoms. The van der Waals surface area contributed by atoms with Gasteiger partial charge in [0.1, 0.15) is 18.1 Å². The largest absolute Gasteiger partial charge is 0.491 e. The Hall–Kier alpha value is -2.74. The lowest BCUT2D eigenvalue weighted by Crippen LogP contribution is -2.52. The third kappa shape index (κ3) is 5.00. The van der Waals surface area contributed by atoms with E-state index in [1.54, 1.807) is 12.1 Å². The topological polar surface area (TPSA) is 84.9 Å². The summed E-state index contributed by atoms with van der Waals surface area (Å²) in [7, 11) is -3.55. The van der Waals surface area contributed by atoms with Crippen molar-refractivity contribution < 1.29 is 22.7 Å². The second kappa shape index (κ2) is 8.32. The molecular formula is C21H26N2O5S. The Labute approximate surface area is 171 Å². The molecule has 0 radical (unpaired) electrons. The van der Waals surface area contributed by atoms with Gasteiger partial charge in [-0.2, -0.15) is 0 Å². The van der Waals surface area contributed by atoms with Gasteiger partial charge >= 0.3 is 0 Å². The zero-order chi connectivity index (χ0) is 21.2. The number of carbonyl (C=O) groups is 1. The molecule has 29 heavy (non-hydrogen) atoms. The highest BCUT2D eigenvalue weighted by molar-refractivity contribution is 7.92. The van der Waals surface area contributed by atoms with E-state index in [0.29, 0.717) is 11.4 Å². The fourth-order valence-corrected chi connectivity index (χ4v) is 4.03. The fraction of sp³-hybridized carbons (Fsp3) is 0.381. The molecule has 2 aromatic rings. The molecule has 0 aliphatic carbocycles. The lowest BCUT2D eigenvalue weighted by atomic mass is 10.1. The lowest BCUT2D eigenvalue weighted by Gasteiger charge is -2.34. The van der Waals surface area contributed by atoms with Crippen molar-refractivity contribution in [2.75, 3.05) is 23.7 Å². The maximum absolute atomic E-state index is 12.7. The minimum atomic E-state index is -3.55. The highest BCUT2D eigenvalue weighted by Crippen LogP contribution is 2.35. The van der Waals surface area contributed by atoms with E-state index in [4.69, 9.17) is 9.47 Å². The van der Waals surface area contributed by atoms with Crippen LogP contribution in [0.25, 0.3) is 0 Å². The molecule has 1 amide bonds. The van der Waals surface area contributed by atoms with Crippen molar-refractivity contribution in [1.29, 1.82) is 0 Å². The molecule has 156 valence electrons. The van der Waals surface area contributed by atoms with Crippen LogP contribution in [0.15, 0.2) is 42.5 Å². The molecule has 1 heterocycles. The number of rotatable bonds is 6. The number of nitrogens with zero attached hydrogens (tertiary/aromatic N) is 1. The van der Waals surface area contributed by atoms with Gasteiger partial charge in [0.15, 0.2) is 6.10 Å². The molecule has 1 N–H and O–H groups in total. The second-order valence-electron chi connectivity index (χ2n) is 7.36. The standard InChI is InChI=1S/C21H26N2O5S/c1-14-9-10-19-17(11-14)23(29(4,25)26)12-20(28-19)21(24)22-16(3)13-27-18-8-6-5-7-15(18)2/h5-11,16,20H,12-13H2,1-4H3,(H,22,24)/t16-,20-/m0/s1. The molecule has 2 aromatic carbocycles. The van der Waals surface area contributed by atoms with Crippen LogP contribution < -0.4 is 19.1 Å². The first-order valence-electron chi connectivity index (χ1n) is 9.39. The lowest BCUT2D eigenvalue weighted by molar-refractivity contribution is -0.128. The predicted molar refractivity (Wildman–Crippen MR) is 112 cm³/mol. The van der Waals surface area contributed by atoms with Gasteiger partial charge in [-0.25, -0.2) is 8.42 Å². The monoisotopic (exact) mass is 418 g/mol. The molecule has 0 saturated heterocycles. The van der Waals surface area contributed by atoms with E-state index >= 15 is 0 Å². The second-order valence-corrected chi connectivity index (χ2v) is 9.26. The molecule has 1 aliphatic heterocycles. The number of hydrogen-bond donors (Lipinski definition) is 1. The number of anilines is 1. The van der Waals surface area contributed by atoms with Crippen molar-refractivity contribution in [2.45, 2.75) is 32.9 Å². The van der Waals surface area contributed by atoms with E-state index in [0.717, 1.165) is 23.1 Å². The number of benzene rings is 2. The zero-order valence-corrected chi connectivity index (χ0v) is 17.8. The molecule has 0 aromatic heterocycles. The van der Waals surface area contributed by atoms with Gasteiger partial charge in [-0.05, 0) is 50.1 Å². The maximum atomic E-state index is 12.7. The first-order valence-corrected chi connectivity index (χ1v) is 11.2. The van der Waals surface area contributed by atoms with E-state index < -0.39 is 16.1 Å². The van der Waals surface area contributed by atoms with Crippen LogP contribution in [0, 0.1) is 13.8 Å². The Morgan fingerprint density at radius 1 is 1.28 bits per heavy atom. The quantitative estimate of drug-likeness (QED) is 0.779. The maximum Gasteiger partial charge on any atom is 0.263 e. The minimum absolute atomic E-state index is 0.0769. The van der Waals surface area contributed by atoms with Crippen molar-refractivity contribution >= 4 is 21.6 Å². The van der Waals surface area contributed by atoms with Crippen molar-refractivity contribution in [1.82, 2.24) is 5.32 Å². The van der Waals surface area contributed by atoms with Gasteiger partial charge in [-0.3, -0.25) is 9.10 Å². The highest BCUT2D eigenvalue weighted by Gasteiger charge is 2.35. The summed E-state index contributed by atoms with van der Waals surface area (Å²) in [5, 5.41) is 2.84. The van der Waals surface area contributed by atoms with Gasteiger partial charge in [-0.15, -0.1) is 0 Å². The van der Waals surface area contributed by atoms with Gasteiger partial charge in [0.25, 0.3) is 5.91 Å². The zero-order valence-electron chi connectivity index (χ0n) is 17.0. The first kappa shape index (κ1) is 21.0. The van der Waals surface area contributed by atoms with Crippen LogP contribution in [0.5, 0.6) is 11.5 Å². The summed E-state index contributed by atoms with van der Waals surface area (Å²) in [6, 6.07) is 12.6. The van der Waals surface area contributed by atoms with Crippen molar-refractivity contribution in [3.63, 3.8) is 0 Å². The van der Waals surface area contributed by atoms with Crippen molar-refractivity contribution in [3.8, 4) is 11.5 Å². The Morgan fingerprint density at radius 3 is 2.69 bits per heavy atom. The number of sulfonamides is 1. The molecule has 8 heteroatoms. The number of nitrogens with one attached hydrogen (secondary N) is 1. The number of aryl methyl sites for hydroxylation is 2. The fourth-order valence-electron chi connectivity index (χ4n) is 3.12. The molecular weight excluding hydrogens is 392 g/mol. The molecule has 2 atom stereocenters.